The monoisotopic (exact) mass is 364 g/mol. The van der Waals surface area contributed by atoms with Gasteiger partial charge in [-0.05, 0) is 48.9 Å². The van der Waals surface area contributed by atoms with Crippen LogP contribution in [0.3, 0.4) is 0 Å². The summed E-state index contributed by atoms with van der Waals surface area (Å²) in [5.41, 5.74) is 2.14. The van der Waals surface area contributed by atoms with Crippen LogP contribution in [0, 0.1) is 11.7 Å². The molecule has 1 aliphatic rings. The third-order valence-electron chi connectivity index (χ3n) is 5.35. The summed E-state index contributed by atoms with van der Waals surface area (Å²) < 4.78 is 13.3. The number of nitrogens with zero attached hydrogens (tertiary/aromatic N) is 1. The van der Waals surface area contributed by atoms with Crippen molar-refractivity contribution in [1.82, 2.24) is 9.88 Å². The zero-order valence-electron chi connectivity index (χ0n) is 15.0. The normalized spacial score (nSPS) is 15.2. The van der Waals surface area contributed by atoms with Crippen LogP contribution in [-0.2, 0) is 11.2 Å². The maximum Gasteiger partial charge on any atom is 0.295 e. The molecule has 0 unspecified atom stereocenters. The first-order valence-electron chi connectivity index (χ1n) is 9.26. The summed E-state index contributed by atoms with van der Waals surface area (Å²) in [5.74, 6) is -0.856. The number of Topliss-reactive ketones (excluding diaryl/α,β-unsaturated/α-hetero) is 1. The number of hydrogen-bond acceptors (Lipinski definition) is 2. The molecule has 1 N–H and O–H groups in total. The highest BCUT2D eigenvalue weighted by Gasteiger charge is 2.29. The molecule has 0 atom stereocenters. The lowest BCUT2D eigenvalue weighted by molar-refractivity contribution is -0.127. The largest absolute Gasteiger partial charge is 0.360 e. The van der Waals surface area contributed by atoms with E-state index in [0.29, 0.717) is 35.5 Å². The third kappa shape index (κ3) is 3.63. The number of nitrogens with one attached hydrogen (secondary N) is 1. The number of aromatic amines is 1. The van der Waals surface area contributed by atoms with Crippen LogP contribution in [0.15, 0.2) is 54.7 Å². The molecule has 0 bridgehead atoms. The molecule has 1 saturated heterocycles. The van der Waals surface area contributed by atoms with E-state index < -0.39 is 11.7 Å². The Hall–Kier alpha value is -2.95. The Bertz CT molecular complexity index is 972. The molecule has 138 valence electrons. The average molecular weight is 364 g/mol. The molecular weight excluding hydrogens is 343 g/mol. The number of H-pyrrole nitrogens is 1. The van der Waals surface area contributed by atoms with E-state index in [0.717, 1.165) is 19.3 Å². The second-order valence-electron chi connectivity index (χ2n) is 7.15. The van der Waals surface area contributed by atoms with Gasteiger partial charge < -0.3 is 9.88 Å². The van der Waals surface area contributed by atoms with Crippen molar-refractivity contribution in [3.05, 3.63) is 71.7 Å². The van der Waals surface area contributed by atoms with Crippen LogP contribution in [0.1, 0.15) is 28.8 Å². The number of carbonyl (C=O) groups is 2. The first-order valence-corrected chi connectivity index (χ1v) is 9.26. The summed E-state index contributed by atoms with van der Waals surface area (Å²) in [6.45, 7) is 1.19. The zero-order valence-corrected chi connectivity index (χ0v) is 15.0. The molecule has 2 heterocycles. The van der Waals surface area contributed by atoms with E-state index in [1.165, 1.54) is 30.0 Å². The van der Waals surface area contributed by atoms with Gasteiger partial charge in [-0.25, -0.2) is 4.39 Å². The lowest BCUT2D eigenvalue weighted by atomic mass is 9.90. The number of carbonyl (C=O) groups excluding carboxylic acids is 2. The molecule has 4 rings (SSSR count). The number of rotatable bonds is 4. The van der Waals surface area contributed by atoms with Crippen molar-refractivity contribution < 1.29 is 14.0 Å². The van der Waals surface area contributed by atoms with Gasteiger partial charge in [-0.15, -0.1) is 0 Å². The lowest BCUT2D eigenvalue weighted by Gasteiger charge is -2.31. The molecule has 1 amide bonds. The van der Waals surface area contributed by atoms with Gasteiger partial charge >= 0.3 is 0 Å². The second kappa shape index (κ2) is 7.35. The fourth-order valence-corrected chi connectivity index (χ4v) is 3.83. The number of piperidine rings is 1. The van der Waals surface area contributed by atoms with Crippen molar-refractivity contribution in [1.29, 1.82) is 0 Å². The minimum atomic E-state index is -0.533. The molecule has 1 aliphatic heterocycles. The van der Waals surface area contributed by atoms with E-state index in [9.17, 15) is 14.0 Å². The third-order valence-corrected chi connectivity index (χ3v) is 5.35. The Kier molecular flexibility index (Phi) is 4.75. The fourth-order valence-electron chi connectivity index (χ4n) is 3.83. The van der Waals surface area contributed by atoms with E-state index >= 15 is 0 Å². The van der Waals surface area contributed by atoms with E-state index in [2.05, 4.69) is 17.1 Å². The van der Waals surface area contributed by atoms with Crippen LogP contribution in [0.4, 0.5) is 4.39 Å². The van der Waals surface area contributed by atoms with Gasteiger partial charge in [0.25, 0.3) is 11.7 Å². The summed E-state index contributed by atoms with van der Waals surface area (Å²) in [4.78, 5) is 29.8. The molecular formula is C22H21FN2O2. The van der Waals surface area contributed by atoms with Crippen molar-refractivity contribution in [3.8, 4) is 0 Å². The molecule has 0 spiro atoms. The van der Waals surface area contributed by atoms with E-state index in [1.54, 1.807) is 4.90 Å². The van der Waals surface area contributed by atoms with Crippen molar-refractivity contribution >= 4 is 22.6 Å². The van der Waals surface area contributed by atoms with Crippen LogP contribution in [-0.4, -0.2) is 34.7 Å². The Morgan fingerprint density at radius 2 is 1.81 bits per heavy atom. The van der Waals surface area contributed by atoms with E-state index in [4.69, 9.17) is 0 Å². The Morgan fingerprint density at radius 1 is 1.07 bits per heavy atom. The maximum absolute atomic E-state index is 13.3. The van der Waals surface area contributed by atoms with Crippen LogP contribution in [0.5, 0.6) is 0 Å². The average Bonchev–Trinajstić information content (AvgIpc) is 3.11. The fraction of sp³-hybridized carbons (Fsp3) is 0.273. The van der Waals surface area contributed by atoms with Gasteiger partial charge in [0.2, 0.25) is 0 Å². The standard InChI is InChI=1S/C22H21FN2O2/c23-17-6-7-18-19(14-24-20(18)13-17)21(26)22(27)25-10-8-16(9-11-25)12-15-4-2-1-3-5-15/h1-7,13-14,16,24H,8-12H2. The van der Waals surface area contributed by atoms with Crippen molar-refractivity contribution in [2.45, 2.75) is 19.3 Å². The second-order valence-corrected chi connectivity index (χ2v) is 7.15. The first-order chi connectivity index (χ1) is 13.1. The summed E-state index contributed by atoms with van der Waals surface area (Å²) in [7, 11) is 0. The van der Waals surface area contributed by atoms with Gasteiger partial charge in [-0.3, -0.25) is 9.59 Å². The Morgan fingerprint density at radius 3 is 2.56 bits per heavy atom. The SMILES string of the molecule is O=C(C(=O)N1CCC(Cc2ccccc2)CC1)c1c[nH]c2cc(F)ccc12. The molecule has 3 aromatic rings. The Labute approximate surface area is 157 Å². The minimum absolute atomic E-state index is 0.307. The zero-order chi connectivity index (χ0) is 18.8. The van der Waals surface area contributed by atoms with E-state index in [1.807, 2.05) is 18.2 Å². The summed E-state index contributed by atoms with van der Waals surface area (Å²) in [6, 6.07) is 14.5. The molecule has 0 radical (unpaired) electrons. The number of aromatic nitrogens is 1. The molecule has 2 aromatic carbocycles. The highest BCUT2D eigenvalue weighted by Crippen LogP contribution is 2.24. The molecule has 0 aliphatic carbocycles. The molecule has 0 saturated carbocycles. The number of hydrogen-bond donors (Lipinski definition) is 1. The van der Waals surface area contributed by atoms with Crippen molar-refractivity contribution in [2.24, 2.45) is 5.92 Å². The number of likely N-dealkylation sites (tertiary alicyclic amines) is 1. The molecule has 5 heteroatoms. The minimum Gasteiger partial charge on any atom is -0.360 e. The summed E-state index contributed by atoms with van der Waals surface area (Å²) >= 11 is 0. The first kappa shape index (κ1) is 17.5. The number of ketones is 1. The Balaban J connectivity index is 1.40. The van der Waals surface area contributed by atoms with Gasteiger partial charge in [0.1, 0.15) is 5.82 Å². The predicted octanol–water partition coefficient (Wildman–Crippen LogP) is 3.97. The summed E-state index contributed by atoms with van der Waals surface area (Å²) in [6.07, 6.45) is 4.29. The van der Waals surface area contributed by atoms with Gasteiger partial charge in [-0.1, -0.05) is 30.3 Å². The topological polar surface area (TPSA) is 53.2 Å². The number of halogens is 1. The smallest absolute Gasteiger partial charge is 0.295 e. The molecule has 4 nitrogen and oxygen atoms in total. The lowest BCUT2D eigenvalue weighted by Crippen LogP contribution is -2.42. The summed E-state index contributed by atoms with van der Waals surface area (Å²) in [5, 5.41) is 0.578. The predicted molar refractivity (Wildman–Crippen MR) is 102 cm³/mol. The van der Waals surface area contributed by atoms with Gasteiger partial charge in [0.05, 0.1) is 5.56 Å². The highest BCUT2D eigenvalue weighted by molar-refractivity contribution is 6.44. The van der Waals surface area contributed by atoms with Crippen LogP contribution >= 0.6 is 0 Å². The molecule has 1 fully saturated rings. The van der Waals surface area contributed by atoms with Crippen LogP contribution in [0.2, 0.25) is 0 Å². The number of fused-ring (bicyclic) bond motifs is 1. The van der Waals surface area contributed by atoms with Crippen molar-refractivity contribution in [2.75, 3.05) is 13.1 Å². The molecule has 27 heavy (non-hydrogen) atoms. The van der Waals surface area contributed by atoms with E-state index in [-0.39, 0.29) is 5.82 Å². The maximum atomic E-state index is 13.3. The van der Waals surface area contributed by atoms with Gasteiger partial charge in [-0.2, -0.15) is 0 Å². The quantitative estimate of drug-likeness (QED) is 0.563. The van der Waals surface area contributed by atoms with Crippen LogP contribution < -0.4 is 0 Å². The molecule has 1 aromatic heterocycles. The van der Waals surface area contributed by atoms with Gasteiger partial charge in [0.15, 0.2) is 0 Å². The van der Waals surface area contributed by atoms with Crippen LogP contribution in [0.25, 0.3) is 10.9 Å². The van der Waals surface area contributed by atoms with Crippen molar-refractivity contribution in [3.63, 3.8) is 0 Å². The number of amides is 1. The highest BCUT2D eigenvalue weighted by atomic mass is 19.1. The number of benzene rings is 2. The van der Waals surface area contributed by atoms with Gasteiger partial charge in [0, 0.05) is 30.2 Å².